The third-order valence-electron chi connectivity index (χ3n) is 6.07. The Morgan fingerprint density at radius 1 is 1.05 bits per heavy atom. The molecule has 11 heteroatoms. The summed E-state index contributed by atoms with van der Waals surface area (Å²) in [6.45, 7) is 6.36. The number of carbonyl (C=O) groups is 1. The lowest BCUT2D eigenvalue weighted by Gasteiger charge is -2.10. The molecule has 0 atom stereocenters. The van der Waals surface area contributed by atoms with E-state index in [1.54, 1.807) is 13.0 Å². The van der Waals surface area contributed by atoms with Crippen molar-refractivity contribution >= 4 is 38.6 Å². The molecule has 0 aliphatic carbocycles. The fourth-order valence-electron chi connectivity index (χ4n) is 4.01. The van der Waals surface area contributed by atoms with Crippen LogP contribution in [0.1, 0.15) is 49.2 Å². The molecule has 2 heterocycles. The van der Waals surface area contributed by atoms with Crippen LogP contribution in [-0.4, -0.2) is 47.7 Å². The first-order chi connectivity index (χ1) is 18.6. The van der Waals surface area contributed by atoms with Crippen LogP contribution in [0.15, 0.2) is 60.8 Å². The Kier molecular flexibility index (Phi) is 8.82. The van der Waals surface area contributed by atoms with Crippen molar-refractivity contribution < 1.29 is 17.9 Å². The minimum Gasteiger partial charge on any atom is -0.457 e. The Morgan fingerprint density at radius 2 is 1.85 bits per heavy atom. The highest BCUT2D eigenvalue weighted by Crippen LogP contribution is 2.29. The summed E-state index contributed by atoms with van der Waals surface area (Å²) >= 11 is 0. The Bertz CT molecular complexity index is 1570. The third kappa shape index (κ3) is 7.33. The van der Waals surface area contributed by atoms with Gasteiger partial charge < -0.3 is 19.9 Å². The summed E-state index contributed by atoms with van der Waals surface area (Å²) in [5, 5.41) is 6.07. The van der Waals surface area contributed by atoms with Gasteiger partial charge in [0.25, 0.3) is 5.91 Å². The number of benzene rings is 2. The van der Waals surface area contributed by atoms with E-state index in [1.807, 2.05) is 41.9 Å². The van der Waals surface area contributed by atoms with Gasteiger partial charge in [-0.25, -0.2) is 18.1 Å². The quantitative estimate of drug-likeness (QED) is 0.219. The lowest BCUT2D eigenvalue weighted by molar-refractivity contribution is 0.0949. The second-order valence-corrected chi connectivity index (χ2v) is 11.4. The van der Waals surface area contributed by atoms with Crippen molar-refractivity contribution in [3.8, 4) is 11.5 Å². The molecule has 39 heavy (non-hydrogen) atoms. The Hall–Kier alpha value is -3.96. The normalized spacial score (nSPS) is 11.6. The second kappa shape index (κ2) is 12.3. The largest absolute Gasteiger partial charge is 0.457 e. The summed E-state index contributed by atoms with van der Waals surface area (Å²) in [7, 11) is -1.37. The van der Waals surface area contributed by atoms with Gasteiger partial charge in [0.2, 0.25) is 16.0 Å². The lowest BCUT2D eigenvalue weighted by atomic mass is 10.0. The molecule has 10 nitrogen and oxygen atoms in total. The van der Waals surface area contributed by atoms with Crippen molar-refractivity contribution in [1.29, 1.82) is 0 Å². The molecule has 1 amide bonds. The van der Waals surface area contributed by atoms with E-state index in [0.29, 0.717) is 29.8 Å². The molecule has 4 rings (SSSR count). The lowest BCUT2D eigenvalue weighted by Crippen LogP contribution is -2.35. The maximum absolute atomic E-state index is 12.5. The molecule has 0 bridgehead atoms. The van der Waals surface area contributed by atoms with E-state index >= 15 is 0 Å². The van der Waals surface area contributed by atoms with Gasteiger partial charge in [-0.1, -0.05) is 32.9 Å². The van der Waals surface area contributed by atoms with Gasteiger partial charge in [0.1, 0.15) is 17.2 Å². The summed E-state index contributed by atoms with van der Waals surface area (Å²) in [6, 6.07) is 17.1. The molecule has 0 radical (unpaired) electrons. The number of hydrogen-bond donors (Lipinski definition) is 3. The number of fused-ring (bicyclic) bond motifs is 1. The zero-order chi connectivity index (χ0) is 28.0. The molecular formula is C28H34N6O4S. The van der Waals surface area contributed by atoms with E-state index in [-0.39, 0.29) is 24.5 Å². The number of amides is 1. The SMILES string of the molecule is CCCS(=O)(=O)NCCNC(=O)c1cc(Oc2ccc3c(c2)nc(Nc2cccc(C(C)C)c2)n3C)ccn1. The molecule has 0 fully saturated rings. The monoisotopic (exact) mass is 550 g/mol. The predicted molar refractivity (Wildman–Crippen MR) is 153 cm³/mol. The maximum Gasteiger partial charge on any atom is 0.270 e. The number of nitrogens with one attached hydrogen (secondary N) is 3. The summed E-state index contributed by atoms with van der Waals surface area (Å²) < 4.78 is 33.9. The van der Waals surface area contributed by atoms with Crippen LogP contribution in [0.4, 0.5) is 11.6 Å². The van der Waals surface area contributed by atoms with Crippen LogP contribution in [0.25, 0.3) is 11.0 Å². The molecule has 3 N–H and O–H groups in total. The van der Waals surface area contributed by atoms with E-state index in [2.05, 4.69) is 46.3 Å². The molecule has 0 aliphatic rings. The zero-order valence-corrected chi connectivity index (χ0v) is 23.4. The fourth-order valence-corrected chi connectivity index (χ4v) is 5.10. The van der Waals surface area contributed by atoms with E-state index in [0.717, 1.165) is 16.7 Å². The van der Waals surface area contributed by atoms with Gasteiger partial charge in [-0.15, -0.1) is 0 Å². The standard InChI is InChI=1S/C28H34N6O4S/c1-5-15-39(36,37)31-14-13-30-27(35)25-18-23(11-12-29-25)38-22-9-10-26-24(17-22)33-28(34(26)4)32-21-8-6-7-20(16-21)19(2)3/h6-12,16-19,31H,5,13-15H2,1-4H3,(H,30,35)(H,32,33). The first-order valence-electron chi connectivity index (χ1n) is 12.9. The van der Waals surface area contributed by atoms with Gasteiger partial charge in [-0.05, 0) is 48.2 Å². The number of nitrogens with zero attached hydrogens (tertiary/aromatic N) is 3. The van der Waals surface area contributed by atoms with Crippen LogP contribution in [0.5, 0.6) is 11.5 Å². The number of ether oxygens (including phenoxy) is 1. The molecule has 0 spiro atoms. The van der Waals surface area contributed by atoms with Crippen molar-refractivity contribution in [3.05, 3.63) is 72.1 Å². The van der Waals surface area contributed by atoms with E-state index in [4.69, 9.17) is 9.72 Å². The van der Waals surface area contributed by atoms with Crippen molar-refractivity contribution in [2.24, 2.45) is 7.05 Å². The van der Waals surface area contributed by atoms with Crippen LogP contribution in [0.2, 0.25) is 0 Å². The Balaban J connectivity index is 1.41. The van der Waals surface area contributed by atoms with Gasteiger partial charge in [-0.3, -0.25) is 9.78 Å². The molecule has 0 unspecified atom stereocenters. The second-order valence-electron chi connectivity index (χ2n) is 9.50. The molecule has 0 aliphatic heterocycles. The smallest absolute Gasteiger partial charge is 0.270 e. The number of rotatable bonds is 12. The first kappa shape index (κ1) is 28.1. The van der Waals surface area contributed by atoms with Gasteiger partial charge >= 0.3 is 0 Å². The van der Waals surface area contributed by atoms with Crippen LogP contribution in [-0.2, 0) is 17.1 Å². The number of aryl methyl sites for hydroxylation is 1. The molecule has 0 saturated heterocycles. The van der Waals surface area contributed by atoms with E-state index in [9.17, 15) is 13.2 Å². The number of sulfonamides is 1. The summed E-state index contributed by atoms with van der Waals surface area (Å²) in [5.41, 5.74) is 4.08. The maximum atomic E-state index is 12.5. The van der Waals surface area contributed by atoms with Gasteiger partial charge in [0.15, 0.2) is 0 Å². The average molecular weight is 551 g/mol. The Labute approximate surface area is 228 Å². The first-order valence-corrected chi connectivity index (χ1v) is 14.5. The number of aromatic nitrogens is 3. The molecule has 4 aromatic rings. The van der Waals surface area contributed by atoms with Crippen molar-refractivity contribution in [3.63, 3.8) is 0 Å². The van der Waals surface area contributed by atoms with E-state index in [1.165, 1.54) is 17.8 Å². The number of imidazole rings is 1. The number of carbonyl (C=O) groups excluding carboxylic acids is 1. The molecule has 206 valence electrons. The molecule has 2 aromatic heterocycles. The van der Waals surface area contributed by atoms with Crippen molar-refractivity contribution in [2.45, 2.75) is 33.1 Å². The Morgan fingerprint density at radius 3 is 2.62 bits per heavy atom. The van der Waals surface area contributed by atoms with Crippen molar-refractivity contribution in [1.82, 2.24) is 24.6 Å². The topological polar surface area (TPSA) is 127 Å². The highest BCUT2D eigenvalue weighted by molar-refractivity contribution is 7.89. The summed E-state index contributed by atoms with van der Waals surface area (Å²) in [4.78, 5) is 21.3. The van der Waals surface area contributed by atoms with E-state index < -0.39 is 15.9 Å². The van der Waals surface area contributed by atoms with Crippen molar-refractivity contribution in [2.75, 3.05) is 24.2 Å². The van der Waals surface area contributed by atoms with Crippen LogP contribution in [0, 0.1) is 0 Å². The number of pyridine rings is 1. The van der Waals surface area contributed by atoms with Gasteiger partial charge in [0, 0.05) is 44.2 Å². The van der Waals surface area contributed by atoms with Crippen LogP contribution < -0.4 is 20.1 Å². The third-order valence-corrected chi connectivity index (χ3v) is 7.66. The minimum absolute atomic E-state index is 0.0518. The molecule has 2 aromatic carbocycles. The summed E-state index contributed by atoms with van der Waals surface area (Å²) in [6.07, 6.45) is 2.01. The fraction of sp³-hybridized carbons (Fsp3) is 0.321. The molecular weight excluding hydrogens is 516 g/mol. The van der Waals surface area contributed by atoms with Gasteiger partial charge in [-0.2, -0.15) is 0 Å². The number of anilines is 2. The van der Waals surface area contributed by atoms with Crippen LogP contribution in [0.3, 0.4) is 0 Å². The molecule has 0 saturated carbocycles. The predicted octanol–water partition coefficient (Wildman–Crippen LogP) is 4.69. The highest BCUT2D eigenvalue weighted by atomic mass is 32.2. The summed E-state index contributed by atoms with van der Waals surface area (Å²) in [5.74, 6) is 1.78. The van der Waals surface area contributed by atoms with Gasteiger partial charge in [0.05, 0.1) is 16.8 Å². The number of hydrogen-bond acceptors (Lipinski definition) is 7. The zero-order valence-electron chi connectivity index (χ0n) is 22.6. The highest BCUT2D eigenvalue weighted by Gasteiger charge is 2.13. The minimum atomic E-state index is -3.32. The van der Waals surface area contributed by atoms with Crippen LogP contribution >= 0.6 is 0 Å². The average Bonchev–Trinajstić information content (AvgIpc) is 3.20.